The van der Waals surface area contributed by atoms with Gasteiger partial charge in [-0.05, 0) is 26.0 Å². The van der Waals surface area contributed by atoms with Crippen LogP contribution in [0.5, 0.6) is 5.75 Å². The first kappa shape index (κ1) is 17.3. The largest absolute Gasteiger partial charge is 0.497 e. The molecule has 0 atom stereocenters. The van der Waals surface area contributed by atoms with E-state index in [0.717, 1.165) is 23.1 Å². The Morgan fingerprint density at radius 1 is 1.39 bits per heavy atom. The molecule has 0 fully saturated rings. The van der Waals surface area contributed by atoms with E-state index in [1.807, 2.05) is 25.1 Å². The maximum absolute atomic E-state index is 12.1. The molecule has 1 heterocycles. The zero-order valence-corrected chi connectivity index (χ0v) is 14.7. The van der Waals surface area contributed by atoms with Crippen LogP contribution in [0.1, 0.15) is 32.6 Å². The summed E-state index contributed by atoms with van der Waals surface area (Å²) in [7, 11) is 1.60. The minimum atomic E-state index is -0.0837. The van der Waals surface area contributed by atoms with E-state index in [1.165, 1.54) is 11.8 Å². The highest BCUT2D eigenvalue weighted by atomic mass is 32.2. The summed E-state index contributed by atoms with van der Waals surface area (Å²) in [5.74, 6) is 1.85. The summed E-state index contributed by atoms with van der Waals surface area (Å²) in [6.07, 6.45) is 0.821. The number of rotatable bonds is 7. The van der Waals surface area contributed by atoms with E-state index in [0.29, 0.717) is 5.75 Å². The van der Waals surface area contributed by atoms with Gasteiger partial charge in [0.1, 0.15) is 11.6 Å². The molecule has 1 aromatic heterocycles. The van der Waals surface area contributed by atoms with E-state index in [1.54, 1.807) is 13.2 Å². The van der Waals surface area contributed by atoms with Crippen molar-refractivity contribution in [1.82, 2.24) is 14.8 Å². The number of carbonyl (C=O) groups is 1. The van der Waals surface area contributed by atoms with Gasteiger partial charge in [-0.2, -0.15) is 0 Å². The second kappa shape index (κ2) is 8.01. The van der Waals surface area contributed by atoms with Gasteiger partial charge in [0.15, 0.2) is 5.16 Å². The van der Waals surface area contributed by atoms with Gasteiger partial charge < -0.3 is 14.6 Å². The first-order valence-corrected chi connectivity index (χ1v) is 8.54. The number of anilines is 1. The molecule has 0 radical (unpaired) electrons. The second-order valence-electron chi connectivity index (χ2n) is 5.28. The molecular weight excluding hydrogens is 312 g/mol. The Kier molecular flexibility index (Phi) is 6.04. The Hall–Kier alpha value is -2.02. The summed E-state index contributed by atoms with van der Waals surface area (Å²) in [6.45, 7) is 6.22. The van der Waals surface area contributed by atoms with E-state index in [-0.39, 0.29) is 17.7 Å². The summed E-state index contributed by atoms with van der Waals surface area (Å²) in [6, 6.07) is 7.56. The van der Waals surface area contributed by atoms with Crippen LogP contribution in [0.4, 0.5) is 5.69 Å². The number of aromatic nitrogens is 3. The molecule has 124 valence electrons. The van der Waals surface area contributed by atoms with Crippen molar-refractivity contribution in [3.63, 3.8) is 0 Å². The number of thioether (sulfide) groups is 1. The van der Waals surface area contributed by atoms with Gasteiger partial charge in [0.05, 0.1) is 12.9 Å². The normalized spacial score (nSPS) is 10.8. The fourth-order valence-corrected chi connectivity index (χ4v) is 3.08. The van der Waals surface area contributed by atoms with Crippen LogP contribution in [0.15, 0.2) is 29.4 Å². The Balaban J connectivity index is 1.98. The van der Waals surface area contributed by atoms with Crippen LogP contribution in [0, 0.1) is 0 Å². The molecule has 2 aromatic rings. The van der Waals surface area contributed by atoms with Crippen molar-refractivity contribution in [3.8, 4) is 5.75 Å². The number of benzene rings is 1. The van der Waals surface area contributed by atoms with E-state index >= 15 is 0 Å². The number of amides is 1. The summed E-state index contributed by atoms with van der Waals surface area (Å²) in [5.41, 5.74) is 0.717. The van der Waals surface area contributed by atoms with Crippen LogP contribution in [0.3, 0.4) is 0 Å². The first-order valence-electron chi connectivity index (χ1n) is 7.55. The molecule has 0 unspecified atom stereocenters. The lowest BCUT2D eigenvalue weighted by molar-refractivity contribution is -0.113. The second-order valence-corrected chi connectivity index (χ2v) is 6.23. The van der Waals surface area contributed by atoms with E-state index in [9.17, 15) is 4.79 Å². The number of ether oxygens (including phenoxy) is 1. The molecule has 0 bridgehead atoms. The molecule has 0 spiro atoms. The predicted molar refractivity (Wildman–Crippen MR) is 92.1 cm³/mol. The van der Waals surface area contributed by atoms with Gasteiger partial charge in [-0.25, -0.2) is 0 Å². The molecule has 1 amide bonds. The van der Waals surface area contributed by atoms with Crippen molar-refractivity contribution in [2.45, 2.75) is 38.4 Å². The molecular formula is C16H22N4O2S. The lowest BCUT2D eigenvalue weighted by Crippen LogP contribution is -2.15. The third-order valence-electron chi connectivity index (χ3n) is 3.25. The number of carbonyl (C=O) groups excluding carboxylic acids is 1. The van der Waals surface area contributed by atoms with E-state index < -0.39 is 0 Å². The van der Waals surface area contributed by atoms with Crippen LogP contribution in [0.2, 0.25) is 0 Å². The van der Waals surface area contributed by atoms with Gasteiger partial charge in [0.25, 0.3) is 0 Å². The summed E-state index contributed by atoms with van der Waals surface area (Å²) in [5, 5.41) is 12.0. The minimum absolute atomic E-state index is 0.0837. The first-order chi connectivity index (χ1) is 11.0. The minimum Gasteiger partial charge on any atom is -0.497 e. The Morgan fingerprint density at radius 3 is 2.83 bits per heavy atom. The molecule has 1 N–H and O–H groups in total. The van der Waals surface area contributed by atoms with Gasteiger partial charge in [-0.3, -0.25) is 4.79 Å². The van der Waals surface area contributed by atoms with Gasteiger partial charge >= 0.3 is 0 Å². The van der Waals surface area contributed by atoms with E-state index in [4.69, 9.17) is 4.74 Å². The maximum atomic E-state index is 12.1. The van der Waals surface area contributed by atoms with Gasteiger partial charge in [0.2, 0.25) is 5.91 Å². The molecule has 0 aliphatic heterocycles. The van der Waals surface area contributed by atoms with Crippen LogP contribution < -0.4 is 10.1 Å². The zero-order chi connectivity index (χ0) is 16.8. The van der Waals surface area contributed by atoms with Gasteiger partial charge in [0, 0.05) is 24.2 Å². The highest BCUT2D eigenvalue weighted by Crippen LogP contribution is 2.22. The van der Waals surface area contributed by atoms with Crippen molar-refractivity contribution in [1.29, 1.82) is 0 Å². The number of nitrogens with zero attached hydrogens (tertiary/aromatic N) is 3. The lowest BCUT2D eigenvalue weighted by atomic mass is 10.3. The quantitative estimate of drug-likeness (QED) is 0.788. The van der Waals surface area contributed by atoms with E-state index in [2.05, 4.69) is 33.9 Å². The maximum Gasteiger partial charge on any atom is 0.234 e. The highest BCUT2D eigenvalue weighted by Gasteiger charge is 2.15. The smallest absolute Gasteiger partial charge is 0.234 e. The Labute approximate surface area is 140 Å². The van der Waals surface area contributed by atoms with Crippen LogP contribution in [-0.2, 0) is 11.2 Å². The molecule has 7 heteroatoms. The van der Waals surface area contributed by atoms with Crippen molar-refractivity contribution in [3.05, 3.63) is 30.1 Å². The monoisotopic (exact) mass is 334 g/mol. The standard InChI is InChI=1S/C16H22N4O2S/c1-5-14-18-19-16(20(14)11(2)3)23-10-15(21)17-12-7-6-8-13(9-12)22-4/h6-9,11H,5,10H2,1-4H3,(H,17,21). The number of hydrogen-bond donors (Lipinski definition) is 1. The summed E-state index contributed by atoms with van der Waals surface area (Å²) in [4.78, 5) is 12.1. The Morgan fingerprint density at radius 2 is 2.17 bits per heavy atom. The van der Waals surface area contributed by atoms with Gasteiger partial charge in [-0.1, -0.05) is 24.8 Å². The number of nitrogens with one attached hydrogen (secondary N) is 1. The average Bonchev–Trinajstić information content (AvgIpc) is 2.96. The third-order valence-corrected chi connectivity index (χ3v) is 4.20. The fraction of sp³-hybridized carbons (Fsp3) is 0.438. The fourth-order valence-electron chi connectivity index (χ4n) is 2.19. The summed E-state index contributed by atoms with van der Waals surface area (Å²) >= 11 is 1.39. The molecule has 0 saturated carbocycles. The van der Waals surface area contributed by atoms with Crippen molar-refractivity contribution >= 4 is 23.4 Å². The van der Waals surface area contributed by atoms with Crippen LogP contribution >= 0.6 is 11.8 Å². The third kappa shape index (κ3) is 4.48. The number of aryl methyl sites for hydroxylation is 1. The number of methoxy groups -OCH3 is 1. The van der Waals surface area contributed by atoms with Gasteiger partial charge in [-0.15, -0.1) is 10.2 Å². The molecule has 23 heavy (non-hydrogen) atoms. The molecule has 0 aliphatic rings. The summed E-state index contributed by atoms with van der Waals surface area (Å²) < 4.78 is 7.22. The average molecular weight is 334 g/mol. The van der Waals surface area contributed by atoms with Crippen LogP contribution in [0.25, 0.3) is 0 Å². The predicted octanol–water partition coefficient (Wildman–Crippen LogP) is 3.16. The van der Waals surface area contributed by atoms with Crippen molar-refractivity contribution < 1.29 is 9.53 Å². The molecule has 0 saturated heterocycles. The Bertz CT molecular complexity index is 670. The molecule has 0 aliphatic carbocycles. The van der Waals surface area contributed by atoms with Crippen LogP contribution in [-0.4, -0.2) is 33.5 Å². The molecule has 6 nitrogen and oxygen atoms in total. The topological polar surface area (TPSA) is 69.0 Å². The molecule has 1 aromatic carbocycles. The lowest BCUT2D eigenvalue weighted by Gasteiger charge is -2.12. The highest BCUT2D eigenvalue weighted by molar-refractivity contribution is 7.99. The van der Waals surface area contributed by atoms with Crippen molar-refractivity contribution in [2.24, 2.45) is 0 Å². The zero-order valence-electron chi connectivity index (χ0n) is 13.9. The molecule has 2 rings (SSSR count). The SMILES string of the molecule is CCc1nnc(SCC(=O)Nc2cccc(OC)c2)n1C(C)C. The van der Waals surface area contributed by atoms with Crippen molar-refractivity contribution in [2.75, 3.05) is 18.2 Å². The number of hydrogen-bond acceptors (Lipinski definition) is 5.